The first-order valence-electron chi connectivity index (χ1n) is 9.25. The number of anilines is 1. The van der Waals surface area contributed by atoms with Gasteiger partial charge in [-0.05, 0) is 55.8 Å². The van der Waals surface area contributed by atoms with Crippen LogP contribution in [0.5, 0.6) is 0 Å². The summed E-state index contributed by atoms with van der Waals surface area (Å²) in [6.45, 7) is 5.26. The Bertz CT molecular complexity index is 967. The highest BCUT2D eigenvalue weighted by molar-refractivity contribution is 7.16. The van der Waals surface area contributed by atoms with Gasteiger partial charge in [0, 0.05) is 30.1 Å². The molecule has 2 amide bonds. The number of hydrogen-bond acceptors (Lipinski definition) is 3. The van der Waals surface area contributed by atoms with Gasteiger partial charge in [-0.3, -0.25) is 9.59 Å². The van der Waals surface area contributed by atoms with Crippen molar-refractivity contribution in [3.05, 3.63) is 52.5 Å². The van der Waals surface area contributed by atoms with E-state index in [1.807, 2.05) is 48.4 Å². The van der Waals surface area contributed by atoms with E-state index < -0.39 is 0 Å². The maximum absolute atomic E-state index is 12.7. The number of aromatic nitrogens is 1. The number of H-pyrrole nitrogens is 1. The minimum atomic E-state index is -0.0538. The Balaban J connectivity index is 1.36. The summed E-state index contributed by atoms with van der Waals surface area (Å²) in [6.07, 6.45) is 1.38. The molecule has 0 unspecified atom stereocenters. The van der Waals surface area contributed by atoms with Crippen molar-refractivity contribution in [2.75, 3.05) is 18.4 Å². The first kappa shape index (κ1) is 17.8. The molecule has 1 aliphatic rings. The molecule has 0 atom stereocenters. The highest BCUT2D eigenvalue weighted by atomic mass is 32.1. The fourth-order valence-corrected chi connectivity index (χ4v) is 4.45. The largest absolute Gasteiger partial charge is 0.342 e. The number of amides is 2. The highest BCUT2D eigenvalue weighted by Crippen LogP contribution is 2.25. The van der Waals surface area contributed by atoms with Crippen LogP contribution in [0.3, 0.4) is 0 Å². The number of fused-ring (bicyclic) bond motifs is 1. The molecule has 3 aromatic rings. The number of aryl methyl sites for hydroxylation is 2. The number of hydrogen-bond donors (Lipinski definition) is 2. The van der Waals surface area contributed by atoms with E-state index in [1.54, 1.807) is 11.3 Å². The smallest absolute Gasteiger partial charge is 0.270 e. The summed E-state index contributed by atoms with van der Waals surface area (Å²) in [5.74, 6) is 0.0166. The summed E-state index contributed by atoms with van der Waals surface area (Å²) in [4.78, 5) is 31.4. The van der Waals surface area contributed by atoms with Crippen LogP contribution in [0.2, 0.25) is 0 Å². The maximum atomic E-state index is 12.7. The number of carbonyl (C=O) groups excluding carboxylic acids is 2. The standard InChI is InChI=1S/C21H23N3O2S/c1-13-3-4-17(14(2)11-13)22-19(25)15-5-8-24(9-6-15)21(26)18-12-16-7-10-27-20(16)23-18/h3-4,7,10-12,15,23H,5-6,8-9H2,1-2H3,(H,22,25). The number of aromatic amines is 1. The number of likely N-dealkylation sites (tertiary alicyclic amines) is 1. The summed E-state index contributed by atoms with van der Waals surface area (Å²) in [6, 6.07) is 9.95. The van der Waals surface area contributed by atoms with Crippen LogP contribution in [0.1, 0.15) is 34.5 Å². The van der Waals surface area contributed by atoms with Gasteiger partial charge in [-0.25, -0.2) is 0 Å². The van der Waals surface area contributed by atoms with Gasteiger partial charge in [-0.15, -0.1) is 11.3 Å². The Morgan fingerprint density at radius 1 is 1.15 bits per heavy atom. The highest BCUT2D eigenvalue weighted by Gasteiger charge is 2.28. The zero-order valence-corrected chi connectivity index (χ0v) is 16.4. The molecular formula is C21H23N3O2S. The number of thiophene rings is 1. The minimum absolute atomic E-state index is 0.0200. The van der Waals surface area contributed by atoms with Gasteiger partial charge in [-0.2, -0.15) is 0 Å². The molecule has 0 bridgehead atoms. The van der Waals surface area contributed by atoms with Gasteiger partial charge < -0.3 is 15.2 Å². The number of piperidine rings is 1. The number of carbonyl (C=O) groups is 2. The fourth-order valence-electron chi connectivity index (χ4n) is 3.67. The van der Waals surface area contributed by atoms with E-state index in [2.05, 4.69) is 16.4 Å². The Morgan fingerprint density at radius 2 is 1.93 bits per heavy atom. The topological polar surface area (TPSA) is 65.2 Å². The molecule has 0 aliphatic carbocycles. The third-order valence-electron chi connectivity index (χ3n) is 5.27. The lowest BCUT2D eigenvalue weighted by molar-refractivity contribution is -0.121. The van der Waals surface area contributed by atoms with Gasteiger partial charge in [0.15, 0.2) is 0 Å². The lowest BCUT2D eigenvalue weighted by Gasteiger charge is -2.31. The molecule has 1 fully saturated rings. The van der Waals surface area contributed by atoms with Crippen molar-refractivity contribution in [2.45, 2.75) is 26.7 Å². The van der Waals surface area contributed by atoms with Crippen molar-refractivity contribution in [1.82, 2.24) is 9.88 Å². The molecule has 5 nitrogen and oxygen atoms in total. The third kappa shape index (κ3) is 3.62. The van der Waals surface area contributed by atoms with E-state index in [9.17, 15) is 9.59 Å². The second-order valence-electron chi connectivity index (χ2n) is 7.26. The summed E-state index contributed by atoms with van der Waals surface area (Å²) >= 11 is 1.60. The van der Waals surface area contributed by atoms with Crippen LogP contribution in [-0.2, 0) is 4.79 Å². The normalized spacial score (nSPS) is 15.3. The summed E-state index contributed by atoms with van der Waals surface area (Å²) in [5.41, 5.74) is 3.76. The average molecular weight is 382 g/mol. The molecule has 1 aliphatic heterocycles. The minimum Gasteiger partial charge on any atom is -0.342 e. The van der Waals surface area contributed by atoms with Crippen LogP contribution in [0.4, 0.5) is 5.69 Å². The van der Waals surface area contributed by atoms with Crippen molar-refractivity contribution >= 4 is 39.1 Å². The van der Waals surface area contributed by atoms with Gasteiger partial charge in [0.2, 0.25) is 5.91 Å². The molecule has 1 saturated heterocycles. The number of rotatable bonds is 3. The monoisotopic (exact) mass is 381 g/mol. The second kappa shape index (κ2) is 7.19. The average Bonchev–Trinajstić information content (AvgIpc) is 3.25. The first-order chi connectivity index (χ1) is 13.0. The van der Waals surface area contributed by atoms with E-state index in [1.165, 1.54) is 5.56 Å². The van der Waals surface area contributed by atoms with Crippen LogP contribution < -0.4 is 5.32 Å². The zero-order valence-electron chi connectivity index (χ0n) is 15.5. The van der Waals surface area contributed by atoms with Gasteiger partial charge in [0.1, 0.15) is 10.5 Å². The molecule has 0 saturated carbocycles. The SMILES string of the molecule is Cc1ccc(NC(=O)C2CCN(C(=O)c3cc4ccsc4[nH]3)CC2)c(C)c1. The molecule has 4 rings (SSSR count). The van der Waals surface area contributed by atoms with E-state index in [-0.39, 0.29) is 17.7 Å². The first-order valence-corrected chi connectivity index (χ1v) is 10.1. The molecule has 2 N–H and O–H groups in total. The third-order valence-corrected chi connectivity index (χ3v) is 6.11. The quantitative estimate of drug-likeness (QED) is 0.709. The van der Waals surface area contributed by atoms with Crippen LogP contribution >= 0.6 is 11.3 Å². The number of nitrogens with one attached hydrogen (secondary N) is 2. The number of benzene rings is 1. The Morgan fingerprint density at radius 3 is 2.63 bits per heavy atom. The van der Waals surface area contributed by atoms with Gasteiger partial charge in [-0.1, -0.05) is 17.7 Å². The molecule has 140 valence electrons. The molecule has 0 radical (unpaired) electrons. The number of nitrogens with zero attached hydrogens (tertiary/aromatic N) is 1. The zero-order chi connectivity index (χ0) is 19.0. The van der Waals surface area contributed by atoms with Crippen molar-refractivity contribution in [2.24, 2.45) is 5.92 Å². The summed E-state index contributed by atoms with van der Waals surface area (Å²) < 4.78 is 0. The molecule has 3 heterocycles. The molecule has 6 heteroatoms. The lowest BCUT2D eigenvalue weighted by atomic mass is 9.95. The Kier molecular flexibility index (Phi) is 4.74. The van der Waals surface area contributed by atoms with Crippen LogP contribution in [0.25, 0.3) is 10.2 Å². The van der Waals surface area contributed by atoms with Crippen LogP contribution in [0.15, 0.2) is 35.7 Å². The molecular weight excluding hydrogens is 358 g/mol. The van der Waals surface area contributed by atoms with E-state index in [4.69, 9.17) is 0 Å². The Hall–Kier alpha value is -2.60. The second-order valence-corrected chi connectivity index (χ2v) is 8.18. The predicted molar refractivity (Wildman–Crippen MR) is 109 cm³/mol. The van der Waals surface area contributed by atoms with Crippen molar-refractivity contribution < 1.29 is 9.59 Å². The van der Waals surface area contributed by atoms with Gasteiger partial charge >= 0.3 is 0 Å². The summed E-state index contributed by atoms with van der Waals surface area (Å²) in [5, 5.41) is 6.13. The Labute approximate surface area is 162 Å². The molecule has 1 aromatic carbocycles. The summed E-state index contributed by atoms with van der Waals surface area (Å²) in [7, 11) is 0. The molecule has 2 aromatic heterocycles. The van der Waals surface area contributed by atoms with Gasteiger partial charge in [0.25, 0.3) is 5.91 Å². The lowest BCUT2D eigenvalue weighted by Crippen LogP contribution is -2.41. The molecule has 0 spiro atoms. The maximum Gasteiger partial charge on any atom is 0.270 e. The van der Waals surface area contributed by atoms with Gasteiger partial charge in [0.05, 0.1) is 0 Å². The van der Waals surface area contributed by atoms with E-state index in [0.717, 1.165) is 21.5 Å². The van der Waals surface area contributed by atoms with E-state index >= 15 is 0 Å². The van der Waals surface area contributed by atoms with Crippen molar-refractivity contribution in [3.63, 3.8) is 0 Å². The van der Waals surface area contributed by atoms with Crippen molar-refractivity contribution in [3.8, 4) is 0 Å². The van der Waals surface area contributed by atoms with Crippen LogP contribution in [-0.4, -0.2) is 34.8 Å². The predicted octanol–water partition coefficient (Wildman–Crippen LogP) is 4.34. The fraction of sp³-hybridized carbons (Fsp3) is 0.333. The molecule has 27 heavy (non-hydrogen) atoms. The van der Waals surface area contributed by atoms with E-state index in [0.29, 0.717) is 31.6 Å². The van der Waals surface area contributed by atoms with Crippen LogP contribution in [0, 0.1) is 19.8 Å². The van der Waals surface area contributed by atoms with Crippen molar-refractivity contribution in [1.29, 1.82) is 0 Å².